The quantitative estimate of drug-likeness (QED) is 0.462. The zero-order chi connectivity index (χ0) is 23.1. The summed E-state index contributed by atoms with van der Waals surface area (Å²) < 4.78 is 23.8. The largest absolute Gasteiger partial charge is 0.493 e. The number of fused-ring (bicyclic) bond motifs is 3. The number of ether oxygens (including phenoxy) is 4. The second kappa shape index (κ2) is 9.16. The van der Waals surface area contributed by atoms with Gasteiger partial charge in [-0.2, -0.15) is 0 Å². The molecule has 1 radical (unpaired) electrons. The van der Waals surface area contributed by atoms with Gasteiger partial charge in [-0.05, 0) is 99.1 Å². The second-order valence-corrected chi connectivity index (χ2v) is 10.2. The van der Waals surface area contributed by atoms with Gasteiger partial charge in [0.25, 0.3) is 0 Å². The summed E-state index contributed by atoms with van der Waals surface area (Å²) in [6, 6.07) is 10.9. The first-order valence-electron chi connectivity index (χ1n) is 12.8. The Balaban J connectivity index is 1.39. The maximum Gasteiger partial charge on any atom is 0.161 e. The third-order valence-corrected chi connectivity index (χ3v) is 7.62. The van der Waals surface area contributed by atoms with Crippen molar-refractivity contribution < 1.29 is 18.9 Å². The fourth-order valence-electron chi connectivity index (χ4n) is 5.18. The van der Waals surface area contributed by atoms with E-state index in [0.717, 1.165) is 72.3 Å². The van der Waals surface area contributed by atoms with Crippen LogP contribution in [0.5, 0.6) is 23.0 Å². The second-order valence-electron chi connectivity index (χ2n) is 10.2. The van der Waals surface area contributed by atoms with Gasteiger partial charge in [0.05, 0.1) is 39.2 Å². The number of hydrogen-bond donors (Lipinski definition) is 0. The summed E-state index contributed by atoms with van der Waals surface area (Å²) in [5.41, 5.74) is 4.53. The van der Waals surface area contributed by atoms with Gasteiger partial charge in [0, 0.05) is 17.0 Å². The molecule has 0 spiro atoms. The molecule has 2 aromatic rings. The minimum atomic E-state index is 0.284. The number of benzene rings is 2. The number of nitrogens with zero attached hydrogens (tertiary/aromatic N) is 1. The van der Waals surface area contributed by atoms with Crippen molar-refractivity contribution in [2.75, 3.05) is 27.4 Å². The smallest absolute Gasteiger partial charge is 0.161 e. The van der Waals surface area contributed by atoms with Crippen LogP contribution in [0.25, 0.3) is 0 Å². The van der Waals surface area contributed by atoms with Gasteiger partial charge in [-0.1, -0.05) is 0 Å². The molecule has 3 aliphatic carbocycles. The molecule has 5 nitrogen and oxygen atoms in total. The molecule has 1 heterocycles. The van der Waals surface area contributed by atoms with Crippen molar-refractivity contribution in [3.05, 3.63) is 53.4 Å². The Morgan fingerprint density at radius 2 is 1.50 bits per heavy atom. The molecule has 0 amide bonds. The van der Waals surface area contributed by atoms with Crippen LogP contribution < -0.4 is 18.9 Å². The summed E-state index contributed by atoms with van der Waals surface area (Å²) in [6.07, 6.45) is 10.7. The molecule has 4 aliphatic rings. The monoisotopic (exact) mass is 460 g/mol. The Morgan fingerprint density at radius 3 is 2.21 bits per heavy atom. The highest BCUT2D eigenvalue weighted by molar-refractivity contribution is 6.15. The number of methoxy groups -OCH3 is 2. The first kappa shape index (κ1) is 21.8. The van der Waals surface area contributed by atoms with Crippen LogP contribution >= 0.6 is 0 Å². The van der Waals surface area contributed by atoms with Crippen molar-refractivity contribution in [1.82, 2.24) is 0 Å². The van der Waals surface area contributed by atoms with Gasteiger partial charge in [0.2, 0.25) is 0 Å². The lowest BCUT2D eigenvalue weighted by molar-refractivity contribution is 0.253. The highest BCUT2D eigenvalue weighted by atomic mass is 16.5. The van der Waals surface area contributed by atoms with Crippen LogP contribution in [0.3, 0.4) is 0 Å². The van der Waals surface area contributed by atoms with Crippen LogP contribution in [0.15, 0.2) is 35.3 Å². The molecule has 0 N–H and O–H groups in total. The van der Waals surface area contributed by atoms with E-state index in [0.29, 0.717) is 17.8 Å². The normalized spacial score (nSPS) is 23.4. The van der Waals surface area contributed by atoms with Crippen molar-refractivity contribution in [3.63, 3.8) is 0 Å². The van der Waals surface area contributed by atoms with Crippen molar-refractivity contribution in [2.45, 2.75) is 56.9 Å². The first-order valence-corrected chi connectivity index (χ1v) is 12.8. The molecule has 34 heavy (non-hydrogen) atoms. The molecule has 2 unspecified atom stereocenters. The fourth-order valence-corrected chi connectivity index (χ4v) is 5.18. The van der Waals surface area contributed by atoms with Gasteiger partial charge in [-0.3, -0.25) is 4.99 Å². The van der Waals surface area contributed by atoms with Gasteiger partial charge in [-0.15, -0.1) is 0 Å². The third kappa shape index (κ3) is 4.37. The molecule has 0 aromatic heterocycles. The summed E-state index contributed by atoms with van der Waals surface area (Å²) >= 11 is 0. The molecule has 0 bridgehead atoms. The Hall–Kier alpha value is -2.69. The van der Waals surface area contributed by atoms with E-state index in [1.54, 1.807) is 14.2 Å². The zero-order valence-corrected chi connectivity index (χ0v) is 20.2. The van der Waals surface area contributed by atoms with E-state index in [4.69, 9.17) is 23.9 Å². The maximum absolute atomic E-state index is 6.29. The maximum atomic E-state index is 6.29. The van der Waals surface area contributed by atoms with Crippen LogP contribution in [0, 0.1) is 18.3 Å². The van der Waals surface area contributed by atoms with E-state index in [1.807, 2.05) is 0 Å². The average molecular weight is 461 g/mol. The molecule has 6 rings (SSSR count). The minimum absolute atomic E-state index is 0.284. The summed E-state index contributed by atoms with van der Waals surface area (Å²) in [6.45, 7) is 1.54. The lowest BCUT2D eigenvalue weighted by Crippen LogP contribution is -2.29. The Morgan fingerprint density at radius 1 is 0.794 bits per heavy atom. The zero-order valence-electron chi connectivity index (χ0n) is 20.2. The van der Waals surface area contributed by atoms with Gasteiger partial charge in [0.1, 0.15) is 0 Å². The predicted molar refractivity (Wildman–Crippen MR) is 133 cm³/mol. The molecule has 2 aromatic carbocycles. The molecule has 1 aliphatic heterocycles. The van der Waals surface area contributed by atoms with Crippen molar-refractivity contribution >= 4 is 5.71 Å². The van der Waals surface area contributed by atoms with E-state index in [-0.39, 0.29) is 6.04 Å². The van der Waals surface area contributed by atoms with E-state index < -0.39 is 0 Å². The van der Waals surface area contributed by atoms with E-state index in [2.05, 4.69) is 36.8 Å². The Kier molecular flexibility index (Phi) is 5.88. The van der Waals surface area contributed by atoms with Crippen LogP contribution in [0.4, 0.5) is 0 Å². The summed E-state index contributed by atoms with van der Waals surface area (Å²) in [5, 5.41) is 0. The van der Waals surface area contributed by atoms with Gasteiger partial charge < -0.3 is 18.9 Å². The average Bonchev–Trinajstić information content (AvgIpc) is 3.80. The fraction of sp³-hybridized carbons (Fsp3) is 0.517. The molecule has 0 saturated heterocycles. The Labute approximate surface area is 202 Å². The molecule has 2 atom stereocenters. The minimum Gasteiger partial charge on any atom is -0.493 e. The molecule has 179 valence electrons. The summed E-state index contributed by atoms with van der Waals surface area (Å²) in [7, 11) is 3.40. The highest BCUT2D eigenvalue weighted by Crippen LogP contribution is 2.45. The summed E-state index contributed by atoms with van der Waals surface area (Å²) in [4.78, 5) is 5.31. The van der Waals surface area contributed by atoms with Gasteiger partial charge >= 0.3 is 0 Å². The molecule has 5 heteroatoms. The van der Waals surface area contributed by atoms with Crippen LogP contribution in [0.1, 0.15) is 67.6 Å². The molecule has 3 saturated carbocycles. The molecular weight excluding hydrogens is 426 g/mol. The number of hydrogen-bond acceptors (Lipinski definition) is 5. The summed E-state index contributed by atoms with van der Waals surface area (Å²) in [5.74, 6) is 4.99. The topological polar surface area (TPSA) is 49.3 Å². The predicted octanol–water partition coefficient (Wildman–Crippen LogP) is 5.97. The van der Waals surface area contributed by atoms with Crippen molar-refractivity contribution in [1.29, 1.82) is 0 Å². The van der Waals surface area contributed by atoms with Crippen LogP contribution in [0.2, 0.25) is 0 Å². The van der Waals surface area contributed by atoms with Crippen LogP contribution in [-0.4, -0.2) is 39.2 Å². The SMILES string of the molecule is COc1cc2c(cc1OC)C1C[CH]CCC1N=C2c1ccc(OCC2CC2)c(OCC2CC2)c1. The van der Waals surface area contributed by atoms with Gasteiger partial charge in [0.15, 0.2) is 23.0 Å². The third-order valence-electron chi connectivity index (χ3n) is 7.62. The first-order chi connectivity index (χ1) is 16.7. The van der Waals surface area contributed by atoms with E-state index in [1.165, 1.54) is 31.2 Å². The Bertz CT molecular complexity index is 1090. The van der Waals surface area contributed by atoms with Crippen molar-refractivity contribution in [2.24, 2.45) is 16.8 Å². The number of rotatable bonds is 9. The molecule has 3 fully saturated rings. The van der Waals surface area contributed by atoms with E-state index >= 15 is 0 Å². The lowest BCUT2D eigenvalue weighted by Gasteiger charge is -2.35. The van der Waals surface area contributed by atoms with E-state index in [9.17, 15) is 0 Å². The lowest BCUT2D eigenvalue weighted by atomic mass is 9.75. The number of aliphatic imine (C=N–C) groups is 1. The van der Waals surface area contributed by atoms with Gasteiger partial charge in [-0.25, -0.2) is 0 Å². The highest BCUT2D eigenvalue weighted by Gasteiger charge is 2.35. The van der Waals surface area contributed by atoms with Crippen LogP contribution in [-0.2, 0) is 0 Å². The molecular formula is C29H34NO4. The van der Waals surface area contributed by atoms with Crippen molar-refractivity contribution in [3.8, 4) is 23.0 Å². The standard InChI is InChI=1S/C29H34NO4/c1-31-26-14-22-21-5-3-4-6-24(21)30-29(23(22)15-27(26)32-2)20-11-12-25(33-16-18-7-8-18)28(13-20)34-17-19-9-10-19/h3,11-15,18-19,21,24H,4-10,16-17H2,1-2H3.